The zero-order chi connectivity index (χ0) is 17.6. The predicted octanol–water partition coefficient (Wildman–Crippen LogP) is -0.427. The summed E-state index contributed by atoms with van der Waals surface area (Å²) in [6, 6.07) is 5.53. The van der Waals surface area contributed by atoms with Crippen molar-refractivity contribution in [2.24, 2.45) is 10.7 Å². The van der Waals surface area contributed by atoms with E-state index in [1.54, 1.807) is 17.0 Å². The van der Waals surface area contributed by atoms with Crippen molar-refractivity contribution in [1.29, 1.82) is 0 Å². The summed E-state index contributed by atoms with van der Waals surface area (Å²) in [6.45, 7) is -0.389. The molecule has 0 radical (unpaired) electrons. The fourth-order valence-electron chi connectivity index (χ4n) is 3.28. The molecule has 0 bridgehead atoms. The summed E-state index contributed by atoms with van der Waals surface area (Å²) < 4.78 is 7.30. The number of anilines is 1. The molecule has 0 saturated carbocycles. The number of aliphatic imine (C=N–C) groups is 1. The van der Waals surface area contributed by atoms with Gasteiger partial charge in [0.25, 0.3) is 0 Å². The van der Waals surface area contributed by atoms with Gasteiger partial charge in [-0.05, 0) is 12.1 Å². The van der Waals surface area contributed by atoms with Crippen LogP contribution in [0.5, 0.6) is 0 Å². The summed E-state index contributed by atoms with van der Waals surface area (Å²) in [6.07, 6.45) is 0.219. The summed E-state index contributed by atoms with van der Waals surface area (Å²) in [5.74, 6) is 0.609. The van der Waals surface area contributed by atoms with E-state index in [2.05, 4.69) is 15.3 Å². The number of nitrogens with one attached hydrogen (secondary N) is 1. The quantitative estimate of drug-likeness (QED) is 0.509. The van der Waals surface area contributed by atoms with Gasteiger partial charge in [-0.1, -0.05) is 6.07 Å². The number of hydrogen-bond donors (Lipinski definition) is 5. The molecule has 0 aliphatic carbocycles. The fraction of sp³-hybridized carbons (Fsp3) is 0.375. The first-order valence-electron chi connectivity index (χ1n) is 7.94. The molecule has 4 heterocycles. The number of aliphatic hydroxyl groups is 3. The van der Waals surface area contributed by atoms with Crippen LogP contribution in [-0.2, 0) is 4.74 Å². The Balaban J connectivity index is 1.83. The van der Waals surface area contributed by atoms with Crippen LogP contribution >= 0.6 is 0 Å². The SMILES string of the molecule is NC1N=CNc2c1c(-c1ccccn1)cn2[C@@H]1O[C@H](CO)[C@@H](O)[C@H]1O. The second-order valence-corrected chi connectivity index (χ2v) is 6.02. The van der Waals surface area contributed by atoms with Crippen molar-refractivity contribution in [3.63, 3.8) is 0 Å². The first kappa shape index (κ1) is 16.2. The monoisotopic (exact) mass is 345 g/mol. The van der Waals surface area contributed by atoms with E-state index in [0.29, 0.717) is 11.5 Å². The Morgan fingerprint density at radius 1 is 1.28 bits per heavy atom. The van der Waals surface area contributed by atoms with Gasteiger partial charge in [0.1, 0.15) is 30.3 Å². The van der Waals surface area contributed by atoms with Gasteiger partial charge in [-0.3, -0.25) is 9.98 Å². The van der Waals surface area contributed by atoms with Gasteiger partial charge in [0.15, 0.2) is 6.23 Å². The Labute approximate surface area is 143 Å². The van der Waals surface area contributed by atoms with Crippen LogP contribution in [0, 0.1) is 0 Å². The van der Waals surface area contributed by atoms with Crippen LogP contribution in [0.15, 0.2) is 35.6 Å². The van der Waals surface area contributed by atoms with E-state index in [-0.39, 0.29) is 6.61 Å². The lowest BCUT2D eigenvalue weighted by molar-refractivity contribution is -0.0516. The lowest BCUT2D eigenvalue weighted by Crippen LogP contribution is -2.33. The average molecular weight is 345 g/mol. The van der Waals surface area contributed by atoms with E-state index >= 15 is 0 Å². The van der Waals surface area contributed by atoms with Crippen molar-refractivity contribution in [1.82, 2.24) is 9.55 Å². The lowest BCUT2D eigenvalue weighted by Gasteiger charge is -2.22. The summed E-state index contributed by atoms with van der Waals surface area (Å²) in [5, 5.41) is 32.7. The minimum atomic E-state index is -1.19. The first-order chi connectivity index (χ1) is 12.1. The largest absolute Gasteiger partial charge is 0.394 e. The minimum absolute atomic E-state index is 0.389. The van der Waals surface area contributed by atoms with Crippen LogP contribution in [-0.4, -0.2) is 56.1 Å². The Hall–Kier alpha value is -2.30. The Kier molecular flexibility index (Phi) is 4.02. The molecule has 0 amide bonds. The third kappa shape index (κ3) is 2.53. The Morgan fingerprint density at radius 3 is 2.80 bits per heavy atom. The fourth-order valence-corrected chi connectivity index (χ4v) is 3.28. The molecule has 0 spiro atoms. The molecule has 1 fully saturated rings. The Bertz CT molecular complexity index is 793. The van der Waals surface area contributed by atoms with Crippen LogP contribution in [0.4, 0.5) is 5.82 Å². The zero-order valence-electron chi connectivity index (χ0n) is 13.2. The molecule has 0 aromatic carbocycles. The first-order valence-corrected chi connectivity index (χ1v) is 7.94. The number of aliphatic hydroxyl groups excluding tert-OH is 3. The van der Waals surface area contributed by atoms with Gasteiger partial charge in [-0.25, -0.2) is 0 Å². The molecule has 4 rings (SSSR count). The van der Waals surface area contributed by atoms with Crippen molar-refractivity contribution in [2.45, 2.75) is 30.7 Å². The number of rotatable bonds is 3. The summed E-state index contributed by atoms with van der Waals surface area (Å²) in [7, 11) is 0. The number of nitrogens with zero attached hydrogens (tertiary/aromatic N) is 3. The third-order valence-electron chi connectivity index (χ3n) is 4.54. The molecule has 25 heavy (non-hydrogen) atoms. The lowest BCUT2D eigenvalue weighted by atomic mass is 10.1. The summed E-state index contributed by atoms with van der Waals surface area (Å²) >= 11 is 0. The van der Waals surface area contributed by atoms with Gasteiger partial charge in [-0.2, -0.15) is 0 Å². The number of aromatic nitrogens is 2. The standard InChI is InChI=1S/C16H19N5O4/c17-14-11-8(9-3-1-2-4-18-9)5-21(15(11)20-7-19-14)16-13(24)12(23)10(6-22)25-16/h1-5,7,10,12-14,16,22-24H,6,17H2,(H,19,20)/t10-,12-,13-,14?,16-/m1/s1. The van der Waals surface area contributed by atoms with Gasteiger partial charge in [0, 0.05) is 23.5 Å². The van der Waals surface area contributed by atoms with Gasteiger partial charge < -0.3 is 35.7 Å². The van der Waals surface area contributed by atoms with Crippen LogP contribution < -0.4 is 11.1 Å². The van der Waals surface area contributed by atoms with Gasteiger partial charge >= 0.3 is 0 Å². The molecule has 9 heteroatoms. The van der Waals surface area contributed by atoms with E-state index in [0.717, 1.165) is 11.1 Å². The molecular weight excluding hydrogens is 326 g/mol. The van der Waals surface area contributed by atoms with Crippen molar-refractivity contribution in [2.75, 3.05) is 11.9 Å². The Morgan fingerprint density at radius 2 is 2.12 bits per heavy atom. The number of fused-ring (bicyclic) bond motifs is 1. The summed E-state index contributed by atoms with van der Waals surface area (Å²) in [4.78, 5) is 8.53. The molecule has 2 aliphatic rings. The zero-order valence-corrected chi connectivity index (χ0v) is 13.2. The molecule has 1 saturated heterocycles. The maximum absolute atomic E-state index is 10.3. The van der Waals surface area contributed by atoms with E-state index < -0.39 is 30.7 Å². The number of nitrogens with two attached hydrogens (primary N) is 1. The van der Waals surface area contributed by atoms with E-state index in [1.165, 1.54) is 6.34 Å². The molecular formula is C16H19N5O4. The van der Waals surface area contributed by atoms with Gasteiger partial charge in [-0.15, -0.1) is 0 Å². The smallest absolute Gasteiger partial charge is 0.164 e. The normalized spacial score (nSPS) is 31.0. The van der Waals surface area contributed by atoms with Crippen molar-refractivity contribution in [3.05, 3.63) is 36.2 Å². The average Bonchev–Trinajstić information content (AvgIpc) is 3.15. The maximum Gasteiger partial charge on any atom is 0.164 e. The van der Waals surface area contributed by atoms with Gasteiger partial charge in [0.2, 0.25) is 0 Å². The molecule has 2 aromatic heterocycles. The molecule has 2 aliphatic heterocycles. The third-order valence-corrected chi connectivity index (χ3v) is 4.54. The van der Waals surface area contributed by atoms with Crippen LogP contribution in [0.1, 0.15) is 18.0 Å². The van der Waals surface area contributed by atoms with Crippen molar-refractivity contribution < 1.29 is 20.1 Å². The number of ether oxygens (including phenoxy) is 1. The van der Waals surface area contributed by atoms with Crippen LogP contribution in [0.2, 0.25) is 0 Å². The second kappa shape index (κ2) is 6.21. The highest BCUT2D eigenvalue weighted by Crippen LogP contribution is 2.41. The van der Waals surface area contributed by atoms with Crippen LogP contribution in [0.25, 0.3) is 11.3 Å². The topological polar surface area (TPSA) is 138 Å². The summed E-state index contributed by atoms with van der Waals surface area (Å²) in [5.41, 5.74) is 8.32. The van der Waals surface area contributed by atoms with Gasteiger partial charge in [0.05, 0.1) is 18.6 Å². The highest BCUT2D eigenvalue weighted by molar-refractivity contribution is 5.84. The highest BCUT2D eigenvalue weighted by atomic mass is 16.6. The second-order valence-electron chi connectivity index (χ2n) is 6.02. The molecule has 6 N–H and O–H groups in total. The molecule has 2 aromatic rings. The molecule has 9 nitrogen and oxygen atoms in total. The van der Waals surface area contributed by atoms with Crippen molar-refractivity contribution >= 4 is 12.2 Å². The number of hydrogen-bond acceptors (Lipinski definition) is 8. The molecule has 132 valence electrons. The number of pyridine rings is 1. The minimum Gasteiger partial charge on any atom is -0.394 e. The van der Waals surface area contributed by atoms with E-state index in [4.69, 9.17) is 10.5 Å². The predicted molar refractivity (Wildman–Crippen MR) is 89.7 cm³/mol. The molecule has 5 atom stereocenters. The molecule has 1 unspecified atom stereocenters. The maximum atomic E-state index is 10.3. The van der Waals surface area contributed by atoms with Crippen molar-refractivity contribution in [3.8, 4) is 11.3 Å². The highest BCUT2D eigenvalue weighted by Gasteiger charge is 2.44. The van der Waals surface area contributed by atoms with Crippen LogP contribution in [0.3, 0.4) is 0 Å². The van der Waals surface area contributed by atoms with E-state index in [1.807, 2.05) is 18.2 Å². The van der Waals surface area contributed by atoms with E-state index in [9.17, 15) is 15.3 Å².